The smallest absolute Gasteiger partial charge is 0.338 e. The van der Waals surface area contributed by atoms with Gasteiger partial charge in [0.05, 0.1) is 5.56 Å². The second-order valence-electron chi connectivity index (χ2n) is 8.99. The fourth-order valence-corrected chi connectivity index (χ4v) is 4.37. The lowest BCUT2D eigenvalue weighted by molar-refractivity contribution is -0.139. The molecule has 1 aliphatic heterocycles. The van der Waals surface area contributed by atoms with Crippen molar-refractivity contribution in [2.75, 3.05) is 13.2 Å². The zero-order valence-electron chi connectivity index (χ0n) is 20.1. The largest absolute Gasteiger partial charge is 0.484 e. The second-order valence-corrected chi connectivity index (χ2v) is 8.99. The number of carbonyl (C=O) groups excluding carboxylic acids is 3. The van der Waals surface area contributed by atoms with E-state index in [2.05, 4.69) is 13.8 Å². The Kier molecular flexibility index (Phi) is 7.90. The average molecular weight is 452 g/mol. The van der Waals surface area contributed by atoms with Crippen molar-refractivity contribution in [1.82, 2.24) is 4.90 Å². The molecule has 0 N–H and O–H groups in total. The summed E-state index contributed by atoms with van der Waals surface area (Å²) < 4.78 is 10.9. The maximum Gasteiger partial charge on any atom is 0.338 e. The van der Waals surface area contributed by atoms with Crippen molar-refractivity contribution in [1.29, 1.82) is 0 Å². The number of benzene rings is 2. The third kappa shape index (κ3) is 6.01. The van der Waals surface area contributed by atoms with Gasteiger partial charge in [-0.1, -0.05) is 6.07 Å². The van der Waals surface area contributed by atoms with Crippen molar-refractivity contribution in [3.63, 3.8) is 0 Å². The van der Waals surface area contributed by atoms with Gasteiger partial charge in [-0.05, 0) is 101 Å². The minimum absolute atomic E-state index is 0.0293. The molecule has 3 rings (SSSR count). The molecule has 1 fully saturated rings. The van der Waals surface area contributed by atoms with Crippen LogP contribution >= 0.6 is 0 Å². The van der Waals surface area contributed by atoms with Crippen molar-refractivity contribution < 1.29 is 23.9 Å². The van der Waals surface area contributed by atoms with E-state index in [0.717, 1.165) is 36.0 Å². The fraction of sp³-hybridized carbons (Fsp3) is 0.444. The van der Waals surface area contributed by atoms with Gasteiger partial charge in [0, 0.05) is 17.6 Å². The van der Waals surface area contributed by atoms with Gasteiger partial charge in [-0.2, -0.15) is 0 Å². The number of ketones is 1. The molecule has 6 nitrogen and oxygen atoms in total. The van der Waals surface area contributed by atoms with Gasteiger partial charge in [-0.25, -0.2) is 4.79 Å². The number of hydrogen-bond acceptors (Lipinski definition) is 5. The van der Waals surface area contributed by atoms with Crippen LogP contribution in [0.15, 0.2) is 36.4 Å². The molecular formula is C27H33NO5. The first-order chi connectivity index (χ1) is 15.7. The van der Waals surface area contributed by atoms with Crippen LogP contribution in [0, 0.1) is 20.8 Å². The van der Waals surface area contributed by atoms with Gasteiger partial charge < -0.3 is 14.4 Å². The summed E-state index contributed by atoms with van der Waals surface area (Å²) in [4.78, 5) is 39.4. The van der Waals surface area contributed by atoms with E-state index in [-0.39, 0.29) is 37.0 Å². The first-order valence-corrected chi connectivity index (χ1v) is 11.5. The van der Waals surface area contributed by atoms with E-state index < -0.39 is 5.97 Å². The Hall–Kier alpha value is -3.15. The highest BCUT2D eigenvalue weighted by Crippen LogP contribution is 2.23. The molecule has 0 radical (unpaired) electrons. The normalized spacial score (nSPS) is 18.0. The Labute approximate surface area is 195 Å². The highest BCUT2D eigenvalue weighted by molar-refractivity contribution is 6.00. The Morgan fingerprint density at radius 2 is 1.48 bits per heavy atom. The van der Waals surface area contributed by atoms with Crippen LogP contribution in [0.2, 0.25) is 0 Å². The van der Waals surface area contributed by atoms with E-state index in [1.54, 1.807) is 24.3 Å². The molecule has 2 aromatic rings. The van der Waals surface area contributed by atoms with Gasteiger partial charge in [-0.3, -0.25) is 9.59 Å². The number of Topliss-reactive ketones (excluding diaryl/α,β-unsaturated/α-hetero) is 1. The Bertz CT molecular complexity index is 1020. The minimum atomic E-state index is -0.580. The lowest BCUT2D eigenvalue weighted by atomic mass is 9.97. The van der Waals surface area contributed by atoms with Crippen LogP contribution in [0.5, 0.6) is 5.75 Å². The molecule has 1 heterocycles. The van der Waals surface area contributed by atoms with Crippen LogP contribution in [0.25, 0.3) is 0 Å². The van der Waals surface area contributed by atoms with Gasteiger partial charge in [0.15, 0.2) is 13.2 Å². The van der Waals surface area contributed by atoms with Crippen LogP contribution in [-0.4, -0.2) is 47.9 Å². The van der Waals surface area contributed by atoms with E-state index in [1.165, 1.54) is 0 Å². The summed E-state index contributed by atoms with van der Waals surface area (Å²) in [6.45, 7) is 9.60. The first-order valence-electron chi connectivity index (χ1n) is 11.5. The van der Waals surface area contributed by atoms with Crippen LogP contribution in [0.3, 0.4) is 0 Å². The topological polar surface area (TPSA) is 72.9 Å². The number of ether oxygens (including phenoxy) is 2. The number of aryl methyl sites for hydroxylation is 3. The Balaban J connectivity index is 1.52. The number of rotatable bonds is 7. The highest BCUT2D eigenvalue weighted by Gasteiger charge is 2.29. The lowest BCUT2D eigenvalue weighted by Crippen LogP contribution is -2.49. The van der Waals surface area contributed by atoms with Gasteiger partial charge in [0.1, 0.15) is 5.75 Å². The predicted octanol–water partition coefficient (Wildman–Crippen LogP) is 4.82. The summed E-state index contributed by atoms with van der Waals surface area (Å²) in [5.41, 5.74) is 3.88. The molecular weight excluding hydrogens is 418 g/mol. The van der Waals surface area contributed by atoms with Gasteiger partial charge >= 0.3 is 5.97 Å². The van der Waals surface area contributed by atoms with Gasteiger partial charge in [-0.15, -0.1) is 0 Å². The average Bonchev–Trinajstić information content (AvgIpc) is 2.78. The predicted molar refractivity (Wildman–Crippen MR) is 127 cm³/mol. The fourth-order valence-electron chi connectivity index (χ4n) is 4.37. The van der Waals surface area contributed by atoms with Crippen LogP contribution in [0.4, 0.5) is 0 Å². The van der Waals surface area contributed by atoms with Crippen molar-refractivity contribution >= 4 is 17.7 Å². The molecule has 6 heteroatoms. The summed E-state index contributed by atoms with van der Waals surface area (Å²) in [5, 5.41) is 0. The molecule has 33 heavy (non-hydrogen) atoms. The Morgan fingerprint density at radius 1 is 0.879 bits per heavy atom. The molecule has 2 unspecified atom stereocenters. The SMILES string of the molecule is Cc1cc(C)c(C(=O)COC(=O)c2ccc(OCC(=O)N3C(C)CCCC3C)cc2)cc1C. The van der Waals surface area contributed by atoms with E-state index in [9.17, 15) is 14.4 Å². The van der Waals surface area contributed by atoms with Crippen LogP contribution < -0.4 is 4.74 Å². The monoisotopic (exact) mass is 451 g/mol. The van der Waals surface area contributed by atoms with Crippen LogP contribution in [-0.2, 0) is 9.53 Å². The molecule has 0 aliphatic carbocycles. The number of nitrogens with zero attached hydrogens (tertiary/aromatic N) is 1. The van der Waals surface area contributed by atoms with Crippen molar-refractivity contribution in [2.45, 2.75) is 66.0 Å². The zero-order chi connectivity index (χ0) is 24.1. The van der Waals surface area contributed by atoms with Gasteiger partial charge in [0.2, 0.25) is 5.78 Å². The molecule has 1 saturated heterocycles. The zero-order valence-corrected chi connectivity index (χ0v) is 20.1. The first kappa shape index (κ1) is 24.5. The maximum absolute atomic E-state index is 12.6. The molecule has 1 aliphatic rings. The molecule has 0 spiro atoms. The van der Waals surface area contributed by atoms with Crippen LogP contribution in [0.1, 0.15) is 70.5 Å². The number of hydrogen-bond donors (Lipinski definition) is 0. The molecule has 0 aromatic heterocycles. The van der Waals surface area contributed by atoms with E-state index in [1.807, 2.05) is 37.8 Å². The summed E-state index contributed by atoms with van der Waals surface area (Å²) in [7, 11) is 0. The van der Waals surface area contributed by atoms with E-state index in [0.29, 0.717) is 16.9 Å². The molecule has 2 atom stereocenters. The van der Waals surface area contributed by atoms with Crippen molar-refractivity contribution in [3.05, 3.63) is 64.2 Å². The second kappa shape index (κ2) is 10.6. The number of likely N-dealkylation sites (tertiary alicyclic amines) is 1. The van der Waals surface area contributed by atoms with E-state index in [4.69, 9.17) is 9.47 Å². The molecule has 0 saturated carbocycles. The number of piperidine rings is 1. The molecule has 2 aromatic carbocycles. The molecule has 0 bridgehead atoms. The summed E-state index contributed by atoms with van der Waals surface area (Å²) >= 11 is 0. The number of amides is 1. The molecule has 1 amide bonds. The third-order valence-corrected chi connectivity index (χ3v) is 6.41. The molecule has 176 valence electrons. The minimum Gasteiger partial charge on any atom is -0.484 e. The maximum atomic E-state index is 12.6. The number of carbonyl (C=O) groups is 3. The van der Waals surface area contributed by atoms with Gasteiger partial charge in [0.25, 0.3) is 5.91 Å². The van der Waals surface area contributed by atoms with Crippen molar-refractivity contribution in [3.8, 4) is 5.75 Å². The summed E-state index contributed by atoms with van der Waals surface area (Å²) in [6, 6.07) is 10.6. The summed E-state index contributed by atoms with van der Waals surface area (Å²) in [6.07, 6.45) is 3.16. The lowest BCUT2D eigenvalue weighted by Gasteiger charge is -2.38. The van der Waals surface area contributed by atoms with Crippen molar-refractivity contribution in [2.24, 2.45) is 0 Å². The standard InChI is InChI=1S/C27H33NO5/c1-17-13-19(3)24(14-18(17)2)25(29)15-33-27(31)22-9-11-23(12-10-22)32-16-26(30)28-20(4)7-6-8-21(28)5/h9-14,20-21H,6-8,15-16H2,1-5H3. The summed E-state index contributed by atoms with van der Waals surface area (Å²) in [5.74, 6) is -0.343. The highest BCUT2D eigenvalue weighted by atomic mass is 16.5. The quantitative estimate of drug-likeness (QED) is 0.446. The van der Waals surface area contributed by atoms with E-state index >= 15 is 0 Å². The number of esters is 1. The Morgan fingerprint density at radius 3 is 2.12 bits per heavy atom. The third-order valence-electron chi connectivity index (χ3n) is 6.41.